The van der Waals surface area contributed by atoms with Crippen molar-refractivity contribution in [1.82, 2.24) is 14.8 Å². The number of carbonyl (C=O) groups is 1. The number of fused-ring (bicyclic) bond motifs is 1. The van der Waals surface area contributed by atoms with Gasteiger partial charge in [0.1, 0.15) is 5.69 Å². The van der Waals surface area contributed by atoms with Crippen LogP contribution in [0.5, 0.6) is 0 Å². The van der Waals surface area contributed by atoms with Gasteiger partial charge in [0.05, 0.1) is 35.6 Å². The van der Waals surface area contributed by atoms with Crippen molar-refractivity contribution in [2.75, 3.05) is 63.9 Å². The minimum absolute atomic E-state index is 0.0821. The van der Waals surface area contributed by atoms with Gasteiger partial charge < -0.3 is 14.5 Å². The number of nitrogens with zero attached hydrogens (tertiary/aromatic N) is 5. The smallest absolute Gasteiger partial charge is 0.301 e. The van der Waals surface area contributed by atoms with E-state index >= 15 is 0 Å². The molecule has 0 unspecified atom stereocenters. The van der Waals surface area contributed by atoms with Crippen LogP contribution in [0.1, 0.15) is 0 Å². The minimum atomic E-state index is -0.338. The summed E-state index contributed by atoms with van der Waals surface area (Å²) in [6.45, 7) is 5.57. The number of aromatic nitrogens is 1. The summed E-state index contributed by atoms with van der Waals surface area (Å²) in [4.78, 5) is 34.1. The molecule has 148 valence electrons. The molecule has 9 heteroatoms. The van der Waals surface area contributed by atoms with E-state index in [9.17, 15) is 14.9 Å². The highest BCUT2D eigenvalue weighted by atomic mass is 16.6. The fourth-order valence-corrected chi connectivity index (χ4v) is 3.82. The topological polar surface area (TPSA) is 92.1 Å². The summed E-state index contributed by atoms with van der Waals surface area (Å²) in [7, 11) is 0. The largest absolute Gasteiger partial charge is 0.379 e. The summed E-state index contributed by atoms with van der Waals surface area (Å²) < 4.78 is 5.32. The van der Waals surface area contributed by atoms with E-state index in [2.05, 4.69) is 9.88 Å². The van der Waals surface area contributed by atoms with E-state index in [1.54, 1.807) is 24.4 Å². The summed E-state index contributed by atoms with van der Waals surface area (Å²) in [6, 6.07) is 7.01. The Balaban J connectivity index is 1.45. The molecule has 4 rings (SSSR count). The number of hydrogen-bond acceptors (Lipinski definition) is 7. The van der Waals surface area contributed by atoms with E-state index in [0.717, 1.165) is 13.1 Å². The molecule has 1 amide bonds. The summed E-state index contributed by atoms with van der Waals surface area (Å²) in [5.41, 5.74) is 1.28. The van der Waals surface area contributed by atoms with Gasteiger partial charge in [-0.2, -0.15) is 0 Å². The second-order valence-corrected chi connectivity index (χ2v) is 7.02. The Morgan fingerprint density at radius 2 is 1.86 bits per heavy atom. The van der Waals surface area contributed by atoms with Crippen molar-refractivity contribution < 1.29 is 14.5 Å². The predicted octanol–water partition coefficient (Wildman–Crippen LogP) is 1.12. The zero-order chi connectivity index (χ0) is 19.5. The fraction of sp³-hybridized carbons (Fsp3) is 0.474. The fourth-order valence-electron chi connectivity index (χ4n) is 3.82. The van der Waals surface area contributed by atoms with Crippen molar-refractivity contribution in [3.05, 3.63) is 40.6 Å². The number of morpholine rings is 1. The first-order valence-corrected chi connectivity index (χ1v) is 9.48. The number of anilines is 1. The molecular weight excluding hydrogens is 362 g/mol. The van der Waals surface area contributed by atoms with Crippen LogP contribution >= 0.6 is 0 Å². The Morgan fingerprint density at radius 3 is 2.57 bits per heavy atom. The van der Waals surface area contributed by atoms with Gasteiger partial charge >= 0.3 is 5.69 Å². The van der Waals surface area contributed by atoms with Gasteiger partial charge in [0.15, 0.2) is 0 Å². The molecule has 2 aliphatic rings. The number of nitro groups is 1. The predicted molar refractivity (Wildman–Crippen MR) is 104 cm³/mol. The Morgan fingerprint density at radius 1 is 1.11 bits per heavy atom. The summed E-state index contributed by atoms with van der Waals surface area (Å²) in [6.07, 6.45) is 1.63. The lowest BCUT2D eigenvalue weighted by Crippen LogP contribution is -2.52. The number of carbonyl (C=O) groups excluding carboxylic acids is 1. The summed E-state index contributed by atoms with van der Waals surface area (Å²) in [5, 5.41) is 12.3. The lowest BCUT2D eigenvalue weighted by atomic mass is 10.1. The molecule has 2 fully saturated rings. The molecule has 0 spiro atoms. The van der Waals surface area contributed by atoms with Gasteiger partial charge in [0.25, 0.3) is 0 Å². The zero-order valence-corrected chi connectivity index (χ0v) is 15.6. The Labute approximate surface area is 162 Å². The second-order valence-electron chi connectivity index (χ2n) is 7.02. The third kappa shape index (κ3) is 3.76. The quantitative estimate of drug-likeness (QED) is 0.575. The maximum Gasteiger partial charge on any atom is 0.301 e. The molecule has 0 radical (unpaired) electrons. The average Bonchev–Trinajstić information content (AvgIpc) is 2.73. The van der Waals surface area contributed by atoms with Gasteiger partial charge in [-0.15, -0.1) is 0 Å². The van der Waals surface area contributed by atoms with Gasteiger partial charge in [-0.25, -0.2) is 0 Å². The molecule has 2 saturated heterocycles. The highest BCUT2D eigenvalue weighted by molar-refractivity contribution is 5.94. The van der Waals surface area contributed by atoms with E-state index in [0.29, 0.717) is 62.5 Å². The van der Waals surface area contributed by atoms with Crippen LogP contribution in [0.4, 0.5) is 11.4 Å². The molecule has 9 nitrogen and oxygen atoms in total. The van der Waals surface area contributed by atoms with E-state index in [1.807, 2.05) is 15.9 Å². The number of nitro benzene ring substituents is 1. The number of piperazine rings is 1. The van der Waals surface area contributed by atoms with Gasteiger partial charge in [-0.1, -0.05) is 0 Å². The first-order chi connectivity index (χ1) is 13.6. The molecule has 1 aromatic heterocycles. The standard InChI is InChI=1S/C19H23N5O4/c25-18(14-21-10-12-28-13-11-21)23-8-6-22(7-9-23)17-4-3-16-15(2-1-5-20-16)19(17)24(26)27/h1-5H,6-14H2. The Hall–Kier alpha value is -2.78. The molecule has 2 aromatic rings. The van der Waals surface area contributed by atoms with Crippen LogP contribution in [0.15, 0.2) is 30.5 Å². The average molecular weight is 385 g/mol. The third-order valence-electron chi connectivity index (χ3n) is 5.35. The lowest BCUT2D eigenvalue weighted by molar-refractivity contribution is -0.382. The van der Waals surface area contributed by atoms with Gasteiger partial charge in [-0.3, -0.25) is 24.8 Å². The molecule has 0 aliphatic carbocycles. The number of hydrogen-bond donors (Lipinski definition) is 0. The Bertz CT molecular complexity index is 876. The first-order valence-electron chi connectivity index (χ1n) is 9.48. The first kappa shape index (κ1) is 18.6. The van der Waals surface area contributed by atoms with Crippen LogP contribution in [-0.2, 0) is 9.53 Å². The van der Waals surface area contributed by atoms with Crippen molar-refractivity contribution in [3.8, 4) is 0 Å². The number of amides is 1. The molecular formula is C19H23N5O4. The second kappa shape index (κ2) is 8.07. The molecule has 3 heterocycles. The maximum atomic E-state index is 12.6. The molecule has 0 bridgehead atoms. The van der Waals surface area contributed by atoms with E-state index in [-0.39, 0.29) is 16.5 Å². The lowest BCUT2D eigenvalue weighted by Gasteiger charge is -2.37. The summed E-state index contributed by atoms with van der Waals surface area (Å²) >= 11 is 0. The molecule has 2 aliphatic heterocycles. The molecule has 0 N–H and O–H groups in total. The molecule has 1 aromatic carbocycles. The third-order valence-corrected chi connectivity index (χ3v) is 5.35. The van der Waals surface area contributed by atoms with Crippen LogP contribution in [0.25, 0.3) is 10.9 Å². The monoisotopic (exact) mass is 385 g/mol. The SMILES string of the molecule is O=C(CN1CCOCC1)N1CCN(c2ccc3ncccc3c2[N+](=O)[O-])CC1. The van der Waals surface area contributed by atoms with Crippen LogP contribution in [0.2, 0.25) is 0 Å². The van der Waals surface area contributed by atoms with Crippen LogP contribution < -0.4 is 4.90 Å². The van der Waals surface area contributed by atoms with Crippen LogP contribution in [0.3, 0.4) is 0 Å². The van der Waals surface area contributed by atoms with E-state index < -0.39 is 0 Å². The summed E-state index contributed by atoms with van der Waals surface area (Å²) in [5.74, 6) is 0.110. The van der Waals surface area contributed by atoms with Crippen molar-refractivity contribution in [2.24, 2.45) is 0 Å². The van der Waals surface area contributed by atoms with E-state index in [1.165, 1.54) is 0 Å². The van der Waals surface area contributed by atoms with Crippen molar-refractivity contribution in [1.29, 1.82) is 0 Å². The van der Waals surface area contributed by atoms with Gasteiger partial charge in [-0.05, 0) is 24.3 Å². The zero-order valence-electron chi connectivity index (χ0n) is 15.6. The number of benzene rings is 1. The maximum absolute atomic E-state index is 12.6. The highest BCUT2D eigenvalue weighted by Gasteiger charge is 2.28. The number of ether oxygens (including phenoxy) is 1. The van der Waals surface area contributed by atoms with Crippen molar-refractivity contribution >= 4 is 28.2 Å². The normalized spacial score (nSPS) is 18.4. The van der Waals surface area contributed by atoms with Crippen molar-refractivity contribution in [3.63, 3.8) is 0 Å². The molecule has 0 saturated carbocycles. The minimum Gasteiger partial charge on any atom is -0.379 e. The van der Waals surface area contributed by atoms with E-state index in [4.69, 9.17) is 4.74 Å². The van der Waals surface area contributed by atoms with Crippen LogP contribution in [-0.4, -0.2) is 84.6 Å². The van der Waals surface area contributed by atoms with Gasteiger partial charge in [0, 0.05) is 45.5 Å². The number of rotatable bonds is 4. The molecule has 28 heavy (non-hydrogen) atoms. The Kier molecular flexibility index (Phi) is 5.36. The number of pyridine rings is 1. The highest BCUT2D eigenvalue weighted by Crippen LogP contribution is 2.35. The molecule has 0 atom stereocenters. The van der Waals surface area contributed by atoms with Crippen molar-refractivity contribution in [2.45, 2.75) is 0 Å². The van der Waals surface area contributed by atoms with Gasteiger partial charge in [0.2, 0.25) is 5.91 Å². The van der Waals surface area contributed by atoms with Crippen LogP contribution in [0, 0.1) is 10.1 Å².